The lowest BCUT2D eigenvalue weighted by atomic mass is 10.2. The van der Waals surface area contributed by atoms with Crippen LogP contribution in [0.4, 0.5) is 0 Å². The van der Waals surface area contributed by atoms with Crippen LogP contribution in [0.2, 0.25) is 5.02 Å². The number of rotatable bonds is 3. The van der Waals surface area contributed by atoms with E-state index in [9.17, 15) is 8.42 Å². The molecule has 3 nitrogen and oxygen atoms in total. The first kappa shape index (κ1) is 11.9. The van der Waals surface area contributed by atoms with Crippen molar-refractivity contribution < 1.29 is 8.42 Å². The number of sulfone groups is 1. The molecule has 1 aromatic carbocycles. The molecule has 0 aromatic heterocycles. The van der Waals surface area contributed by atoms with Gasteiger partial charge in [0.05, 0.1) is 11.0 Å². The molecule has 1 atom stereocenters. The Balaban J connectivity index is 2.18. The van der Waals surface area contributed by atoms with Crippen molar-refractivity contribution in [1.82, 2.24) is 5.32 Å². The Morgan fingerprint density at radius 2 is 2.12 bits per heavy atom. The largest absolute Gasteiger partial charge is 0.315 e. The maximum Gasteiger partial charge on any atom is 0.158 e. The molecule has 0 amide bonds. The van der Waals surface area contributed by atoms with Gasteiger partial charge in [-0.05, 0) is 24.6 Å². The smallest absolute Gasteiger partial charge is 0.158 e. The van der Waals surface area contributed by atoms with Crippen LogP contribution in [0, 0.1) is 0 Å². The Bertz CT molecular complexity index is 467. The van der Waals surface area contributed by atoms with Crippen molar-refractivity contribution in [3.05, 3.63) is 34.9 Å². The van der Waals surface area contributed by atoms with E-state index in [-0.39, 0.29) is 11.0 Å². The summed E-state index contributed by atoms with van der Waals surface area (Å²) in [6.45, 7) is 1.35. The molecular formula is C11H14ClNO2S. The predicted octanol–water partition coefficient (Wildman–Crippen LogP) is 1.62. The summed E-state index contributed by atoms with van der Waals surface area (Å²) in [4.78, 5) is 0. The fraction of sp³-hybridized carbons (Fsp3) is 0.455. The first-order valence-electron chi connectivity index (χ1n) is 5.25. The van der Waals surface area contributed by atoms with E-state index >= 15 is 0 Å². The lowest BCUT2D eigenvalue weighted by Gasteiger charge is -2.11. The van der Waals surface area contributed by atoms with Crippen molar-refractivity contribution in [2.75, 3.05) is 13.1 Å². The Labute approximate surface area is 101 Å². The highest BCUT2D eigenvalue weighted by Gasteiger charge is 2.28. The molecule has 1 aliphatic rings. The molecule has 16 heavy (non-hydrogen) atoms. The van der Waals surface area contributed by atoms with Gasteiger partial charge in [-0.1, -0.05) is 29.8 Å². The third-order valence-corrected chi connectivity index (χ3v) is 5.34. The molecule has 0 bridgehead atoms. The molecule has 1 unspecified atom stereocenters. The Hall–Kier alpha value is -0.580. The fourth-order valence-corrected chi connectivity index (χ4v) is 3.94. The zero-order valence-electron chi connectivity index (χ0n) is 8.82. The van der Waals surface area contributed by atoms with Crippen molar-refractivity contribution in [2.45, 2.75) is 17.4 Å². The number of hydrogen-bond acceptors (Lipinski definition) is 3. The molecule has 1 aromatic rings. The summed E-state index contributed by atoms with van der Waals surface area (Å²) < 4.78 is 24.1. The molecule has 0 radical (unpaired) electrons. The van der Waals surface area contributed by atoms with Crippen molar-refractivity contribution in [1.29, 1.82) is 0 Å². The van der Waals surface area contributed by atoms with E-state index < -0.39 is 9.84 Å². The van der Waals surface area contributed by atoms with Crippen LogP contribution in [0.5, 0.6) is 0 Å². The standard InChI is InChI=1S/C11H14ClNO2S/c12-11-4-2-1-3-9(11)8-16(14,15)10-5-6-13-7-10/h1-4,10,13H,5-8H2. The van der Waals surface area contributed by atoms with Gasteiger partial charge in [0.25, 0.3) is 0 Å². The third-order valence-electron chi connectivity index (χ3n) is 2.84. The normalized spacial score (nSPS) is 21.2. The average Bonchev–Trinajstić information content (AvgIpc) is 2.75. The highest BCUT2D eigenvalue weighted by molar-refractivity contribution is 7.91. The summed E-state index contributed by atoms with van der Waals surface area (Å²) in [5.74, 6) is 0.0407. The summed E-state index contributed by atoms with van der Waals surface area (Å²) in [5.41, 5.74) is 0.691. The minimum absolute atomic E-state index is 0.0407. The predicted molar refractivity (Wildman–Crippen MR) is 65.4 cm³/mol. The van der Waals surface area contributed by atoms with Gasteiger partial charge in [0, 0.05) is 11.6 Å². The molecule has 88 valence electrons. The summed E-state index contributed by atoms with van der Waals surface area (Å²) in [6.07, 6.45) is 0.701. The van der Waals surface area contributed by atoms with E-state index in [1.54, 1.807) is 18.2 Å². The fourth-order valence-electron chi connectivity index (χ4n) is 1.88. The van der Waals surface area contributed by atoms with Crippen molar-refractivity contribution >= 4 is 21.4 Å². The van der Waals surface area contributed by atoms with Crippen LogP contribution in [0.25, 0.3) is 0 Å². The molecule has 1 saturated heterocycles. The lowest BCUT2D eigenvalue weighted by Crippen LogP contribution is -2.25. The van der Waals surface area contributed by atoms with Crippen molar-refractivity contribution in [2.24, 2.45) is 0 Å². The third kappa shape index (κ3) is 2.56. The monoisotopic (exact) mass is 259 g/mol. The molecule has 0 saturated carbocycles. The van der Waals surface area contributed by atoms with Gasteiger partial charge in [0.15, 0.2) is 9.84 Å². The molecule has 0 aliphatic carbocycles. The lowest BCUT2D eigenvalue weighted by molar-refractivity contribution is 0.582. The van der Waals surface area contributed by atoms with Crippen LogP contribution in [0.3, 0.4) is 0 Å². The van der Waals surface area contributed by atoms with Gasteiger partial charge in [-0.25, -0.2) is 8.42 Å². The highest BCUT2D eigenvalue weighted by atomic mass is 35.5. The molecule has 1 aliphatic heterocycles. The number of halogens is 1. The zero-order valence-corrected chi connectivity index (χ0v) is 10.4. The van der Waals surface area contributed by atoms with Crippen molar-refractivity contribution in [3.8, 4) is 0 Å². The first-order chi connectivity index (χ1) is 7.59. The van der Waals surface area contributed by atoms with Crippen LogP contribution < -0.4 is 5.32 Å². The Morgan fingerprint density at radius 1 is 1.38 bits per heavy atom. The number of benzene rings is 1. The van der Waals surface area contributed by atoms with E-state index in [2.05, 4.69) is 5.32 Å². The van der Waals surface area contributed by atoms with E-state index in [0.29, 0.717) is 23.6 Å². The van der Waals surface area contributed by atoms with Gasteiger partial charge in [0.2, 0.25) is 0 Å². The molecule has 1 N–H and O–H groups in total. The topological polar surface area (TPSA) is 46.2 Å². The van der Waals surface area contributed by atoms with Crippen LogP contribution in [0.15, 0.2) is 24.3 Å². The quantitative estimate of drug-likeness (QED) is 0.897. The second kappa shape index (κ2) is 4.73. The van der Waals surface area contributed by atoms with Crippen molar-refractivity contribution in [3.63, 3.8) is 0 Å². The summed E-state index contributed by atoms with van der Waals surface area (Å²) in [7, 11) is -3.08. The highest BCUT2D eigenvalue weighted by Crippen LogP contribution is 2.21. The van der Waals surface area contributed by atoms with Crippen LogP contribution in [-0.4, -0.2) is 26.8 Å². The van der Waals surface area contributed by atoms with E-state index in [4.69, 9.17) is 11.6 Å². The van der Waals surface area contributed by atoms with Gasteiger partial charge in [-0.2, -0.15) is 0 Å². The molecule has 1 fully saturated rings. The van der Waals surface area contributed by atoms with Gasteiger partial charge < -0.3 is 5.32 Å². The van der Waals surface area contributed by atoms with Crippen LogP contribution >= 0.6 is 11.6 Å². The van der Waals surface area contributed by atoms with Crippen LogP contribution in [-0.2, 0) is 15.6 Å². The van der Waals surface area contributed by atoms with E-state index in [0.717, 1.165) is 6.54 Å². The number of nitrogens with one attached hydrogen (secondary N) is 1. The van der Waals surface area contributed by atoms with E-state index in [1.807, 2.05) is 6.07 Å². The SMILES string of the molecule is O=S(=O)(Cc1ccccc1Cl)C1CCNC1. The first-order valence-corrected chi connectivity index (χ1v) is 7.34. The summed E-state index contributed by atoms with van der Waals surface area (Å²) in [6, 6.07) is 7.10. The number of hydrogen-bond donors (Lipinski definition) is 1. The maximum atomic E-state index is 12.1. The second-order valence-electron chi connectivity index (χ2n) is 4.01. The Kier molecular flexibility index (Phi) is 3.52. The zero-order chi connectivity index (χ0) is 11.6. The molecule has 0 spiro atoms. The summed E-state index contributed by atoms with van der Waals surface area (Å²) in [5, 5.41) is 3.33. The van der Waals surface area contributed by atoms with Gasteiger partial charge in [0.1, 0.15) is 0 Å². The van der Waals surface area contributed by atoms with E-state index in [1.165, 1.54) is 0 Å². The minimum Gasteiger partial charge on any atom is -0.315 e. The van der Waals surface area contributed by atoms with Gasteiger partial charge in [-0.3, -0.25) is 0 Å². The Morgan fingerprint density at radius 3 is 2.75 bits per heavy atom. The molecule has 2 rings (SSSR count). The molecular weight excluding hydrogens is 246 g/mol. The summed E-state index contributed by atoms with van der Waals surface area (Å²) >= 11 is 5.96. The van der Waals surface area contributed by atoms with Crippen LogP contribution in [0.1, 0.15) is 12.0 Å². The minimum atomic E-state index is -3.08. The molecule has 5 heteroatoms. The van der Waals surface area contributed by atoms with Gasteiger partial charge in [-0.15, -0.1) is 0 Å². The maximum absolute atomic E-state index is 12.1. The molecule has 1 heterocycles. The second-order valence-corrected chi connectivity index (χ2v) is 6.70. The average molecular weight is 260 g/mol. The van der Waals surface area contributed by atoms with Gasteiger partial charge >= 0.3 is 0 Å².